The van der Waals surface area contributed by atoms with Crippen LogP contribution >= 0.6 is 0 Å². The van der Waals surface area contributed by atoms with Crippen LogP contribution in [-0.4, -0.2) is 27.0 Å². The van der Waals surface area contributed by atoms with E-state index in [4.69, 9.17) is 9.72 Å². The topological polar surface area (TPSA) is 69.0 Å². The first-order valence-corrected chi connectivity index (χ1v) is 11.5. The average molecular weight is 443 g/mol. The number of amides is 1. The lowest BCUT2D eigenvalue weighted by Crippen LogP contribution is -2.25. The van der Waals surface area contributed by atoms with Gasteiger partial charge in [0.1, 0.15) is 11.6 Å². The summed E-state index contributed by atoms with van der Waals surface area (Å²) in [6, 6.07) is 19.9. The molecule has 33 heavy (non-hydrogen) atoms. The second-order valence-corrected chi connectivity index (χ2v) is 8.37. The number of pyridine rings is 1. The molecule has 4 aromatic rings. The minimum absolute atomic E-state index is 0.154. The SMILES string of the molecule is CC(C)c1ccc(OCCCCn2c(CNC(=O)c3cccnc3)nc3ccccc32)cc1. The standard InChI is InChI=1S/C27H30N4O2/c1-20(2)21-11-13-23(14-12-21)33-17-6-5-16-31-25-10-4-3-9-24(25)30-26(31)19-29-27(32)22-8-7-15-28-18-22/h3-4,7-15,18,20H,5-6,16-17,19H2,1-2H3,(H,29,32). The van der Waals surface area contributed by atoms with Crippen LogP contribution in [0.5, 0.6) is 5.75 Å². The van der Waals surface area contributed by atoms with Gasteiger partial charge in [0.05, 0.1) is 29.7 Å². The highest BCUT2D eigenvalue weighted by Gasteiger charge is 2.12. The number of ether oxygens (including phenoxy) is 1. The van der Waals surface area contributed by atoms with Gasteiger partial charge in [-0.15, -0.1) is 0 Å². The third kappa shape index (κ3) is 5.77. The maximum atomic E-state index is 12.4. The summed E-state index contributed by atoms with van der Waals surface area (Å²) in [5.74, 6) is 2.12. The maximum Gasteiger partial charge on any atom is 0.253 e. The Morgan fingerprint density at radius 1 is 1.03 bits per heavy atom. The maximum absolute atomic E-state index is 12.4. The number of rotatable bonds is 10. The summed E-state index contributed by atoms with van der Waals surface area (Å²) >= 11 is 0. The third-order valence-corrected chi connectivity index (χ3v) is 5.66. The number of aryl methyl sites for hydroxylation is 1. The van der Waals surface area contributed by atoms with Gasteiger partial charge in [0.2, 0.25) is 0 Å². The molecule has 4 rings (SSSR count). The van der Waals surface area contributed by atoms with Crippen molar-refractivity contribution in [3.05, 3.63) is 90.0 Å². The highest BCUT2D eigenvalue weighted by Crippen LogP contribution is 2.20. The summed E-state index contributed by atoms with van der Waals surface area (Å²) < 4.78 is 8.11. The van der Waals surface area contributed by atoms with Gasteiger partial charge in [0.25, 0.3) is 5.91 Å². The molecule has 2 aromatic carbocycles. The van der Waals surface area contributed by atoms with E-state index in [2.05, 4.69) is 46.9 Å². The number of carbonyl (C=O) groups excluding carboxylic acids is 1. The van der Waals surface area contributed by atoms with Crippen LogP contribution in [0.15, 0.2) is 73.1 Å². The molecule has 1 amide bonds. The van der Waals surface area contributed by atoms with E-state index < -0.39 is 0 Å². The quantitative estimate of drug-likeness (QED) is 0.337. The highest BCUT2D eigenvalue weighted by molar-refractivity contribution is 5.93. The zero-order valence-electron chi connectivity index (χ0n) is 19.2. The number of aromatic nitrogens is 3. The number of fused-ring (bicyclic) bond motifs is 1. The van der Waals surface area contributed by atoms with Crippen molar-refractivity contribution >= 4 is 16.9 Å². The minimum Gasteiger partial charge on any atom is -0.494 e. The Balaban J connectivity index is 1.34. The highest BCUT2D eigenvalue weighted by atomic mass is 16.5. The van der Waals surface area contributed by atoms with Crippen LogP contribution in [0.3, 0.4) is 0 Å². The minimum atomic E-state index is -0.154. The van der Waals surface area contributed by atoms with Gasteiger partial charge in [-0.05, 0) is 60.7 Å². The fourth-order valence-electron chi connectivity index (χ4n) is 3.78. The third-order valence-electron chi connectivity index (χ3n) is 5.66. The van der Waals surface area contributed by atoms with Crippen LogP contribution in [0.1, 0.15) is 54.4 Å². The van der Waals surface area contributed by atoms with Crippen molar-refractivity contribution in [3.63, 3.8) is 0 Å². The van der Waals surface area contributed by atoms with E-state index in [9.17, 15) is 4.79 Å². The van der Waals surface area contributed by atoms with Crippen LogP contribution in [0.25, 0.3) is 11.0 Å². The molecule has 1 N–H and O–H groups in total. The van der Waals surface area contributed by atoms with Crippen molar-refractivity contribution in [2.45, 2.75) is 45.7 Å². The molecule has 0 spiro atoms. The van der Waals surface area contributed by atoms with Gasteiger partial charge < -0.3 is 14.6 Å². The van der Waals surface area contributed by atoms with Gasteiger partial charge in [0, 0.05) is 18.9 Å². The van der Waals surface area contributed by atoms with E-state index in [0.29, 0.717) is 24.6 Å². The molecule has 0 aliphatic carbocycles. The van der Waals surface area contributed by atoms with Crippen molar-refractivity contribution in [2.75, 3.05) is 6.61 Å². The van der Waals surface area contributed by atoms with Gasteiger partial charge >= 0.3 is 0 Å². The number of carbonyl (C=O) groups is 1. The Hall–Kier alpha value is -3.67. The Morgan fingerprint density at radius 2 is 1.85 bits per heavy atom. The van der Waals surface area contributed by atoms with Crippen LogP contribution < -0.4 is 10.1 Å². The van der Waals surface area contributed by atoms with Crippen molar-refractivity contribution in [1.29, 1.82) is 0 Å². The van der Waals surface area contributed by atoms with E-state index >= 15 is 0 Å². The fraction of sp³-hybridized carbons (Fsp3) is 0.296. The molecule has 0 fully saturated rings. The lowest BCUT2D eigenvalue weighted by atomic mass is 10.0. The van der Waals surface area contributed by atoms with Crippen LogP contribution in [0, 0.1) is 0 Å². The van der Waals surface area contributed by atoms with Gasteiger partial charge in [0.15, 0.2) is 0 Å². The first-order valence-electron chi connectivity index (χ1n) is 11.5. The summed E-state index contributed by atoms with van der Waals surface area (Å²) in [6.45, 7) is 6.22. The van der Waals surface area contributed by atoms with Crippen LogP contribution in [-0.2, 0) is 13.1 Å². The van der Waals surface area contributed by atoms with Crippen molar-refractivity contribution in [3.8, 4) is 5.75 Å². The normalized spacial score (nSPS) is 11.1. The molecular weight excluding hydrogens is 412 g/mol. The molecule has 170 valence electrons. The van der Waals surface area contributed by atoms with Crippen LogP contribution in [0.4, 0.5) is 0 Å². The molecule has 2 aromatic heterocycles. The molecule has 0 unspecified atom stereocenters. The number of benzene rings is 2. The van der Waals surface area contributed by atoms with E-state index in [1.165, 1.54) is 5.56 Å². The molecule has 0 atom stereocenters. The number of hydrogen-bond donors (Lipinski definition) is 1. The Labute approximate surface area is 194 Å². The van der Waals surface area contributed by atoms with Crippen molar-refractivity contribution in [1.82, 2.24) is 19.9 Å². The van der Waals surface area contributed by atoms with Gasteiger partial charge in [-0.3, -0.25) is 9.78 Å². The Bertz CT molecular complexity index is 1180. The van der Waals surface area contributed by atoms with Crippen molar-refractivity contribution in [2.24, 2.45) is 0 Å². The van der Waals surface area contributed by atoms with Gasteiger partial charge in [-0.2, -0.15) is 0 Å². The average Bonchev–Trinajstić information content (AvgIpc) is 3.20. The first-order chi connectivity index (χ1) is 16.1. The Morgan fingerprint density at radius 3 is 2.61 bits per heavy atom. The summed E-state index contributed by atoms with van der Waals surface area (Å²) in [4.78, 5) is 21.2. The molecule has 0 saturated carbocycles. The first kappa shape index (κ1) is 22.5. The van der Waals surface area contributed by atoms with E-state index in [0.717, 1.165) is 42.0 Å². The predicted molar refractivity (Wildman–Crippen MR) is 130 cm³/mol. The monoisotopic (exact) mass is 442 g/mol. The number of nitrogens with one attached hydrogen (secondary N) is 1. The number of imidazole rings is 1. The second kappa shape index (κ2) is 10.8. The van der Waals surface area contributed by atoms with E-state index in [-0.39, 0.29) is 5.91 Å². The number of para-hydroxylation sites is 2. The lowest BCUT2D eigenvalue weighted by molar-refractivity contribution is 0.0949. The number of unbranched alkanes of at least 4 members (excludes halogenated alkanes) is 1. The number of hydrogen-bond acceptors (Lipinski definition) is 4. The Kier molecular flexibility index (Phi) is 7.35. The molecule has 0 bridgehead atoms. The molecular formula is C27H30N4O2. The number of nitrogens with zero attached hydrogens (tertiary/aromatic N) is 3. The van der Waals surface area contributed by atoms with Gasteiger partial charge in [-0.25, -0.2) is 4.98 Å². The molecule has 0 aliphatic heterocycles. The molecule has 0 radical (unpaired) electrons. The van der Waals surface area contributed by atoms with E-state index in [1.807, 2.05) is 30.3 Å². The molecule has 0 aliphatic rings. The summed E-state index contributed by atoms with van der Waals surface area (Å²) in [5.41, 5.74) is 3.87. The summed E-state index contributed by atoms with van der Waals surface area (Å²) in [7, 11) is 0. The summed E-state index contributed by atoms with van der Waals surface area (Å²) in [5, 5.41) is 2.97. The van der Waals surface area contributed by atoms with Gasteiger partial charge in [-0.1, -0.05) is 38.1 Å². The molecule has 6 heteroatoms. The molecule has 2 heterocycles. The lowest BCUT2D eigenvalue weighted by Gasteiger charge is -2.11. The fourth-order valence-corrected chi connectivity index (χ4v) is 3.78. The second-order valence-electron chi connectivity index (χ2n) is 8.37. The summed E-state index contributed by atoms with van der Waals surface area (Å²) in [6.07, 6.45) is 5.10. The zero-order chi connectivity index (χ0) is 23.0. The van der Waals surface area contributed by atoms with E-state index in [1.54, 1.807) is 24.5 Å². The molecule has 6 nitrogen and oxygen atoms in total. The largest absolute Gasteiger partial charge is 0.494 e. The zero-order valence-corrected chi connectivity index (χ0v) is 19.2. The molecule has 0 saturated heterocycles. The van der Waals surface area contributed by atoms with Crippen LogP contribution in [0.2, 0.25) is 0 Å². The smallest absolute Gasteiger partial charge is 0.253 e. The predicted octanol–water partition coefficient (Wildman–Crippen LogP) is 5.34. The van der Waals surface area contributed by atoms with Crippen molar-refractivity contribution < 1.29 is 9.53 Å².